The minimum absolute atomic E-state index is 0.0207. The summed E-state index contributed by atoms with van der Waals surface area (Å²) in [7, 11) is 0. The molecule has 0 amide bonds. The molecule has 0 radical (unpaired) electrons. The predicted molar refractivity (Wildman–Crippen MR) is 140 cm³/mol. The zero-order chi connectivity index (χ0) is 26.6. The first-order valence-corrected chi connectivity index (χ1v) is 14.5. The lowest BCUT2D eigenvalue weighted by Gasteiger charge is -2.22. The van der Waals surface area contributed by atoms with E-state index in [9.17, 15) is 29.9 Å². The molecule has 1 aliphatic rings. The van der Waals surface area contributed by atoms with Crippen molar-refractivity contribution in [3.05, 3.63) is 22.3 Å². The second-order valence-corrected chi connectivity index (χ2v) is 10.7. The van der Waals surface area contributed by atoms with Crippen molar-refractivity contribution in [2.45, 2.75) is 103 Å². The lowest BCUT2D eigenvalue weighted by Crippen LogP contribution is -2.22. The number of hydrogen-bond donors (Lipinski definition) is 2. The SMILES string of the molecule is CCCCCCCC(=O)CC[C@@H]1[C@@H](C/C=C\CCCC(=O)OCCSCCO[N+](=O)[O-])[C@@H](O)C[C@H]1O. The van der Waals surface area contributed by atoms with Gasteiger partial charge in [0, 0.05) is 30.8 Å². The van der Waals surface area contributed by atoms with Crippen LogP contribution >= 0.6 is 11.8 Å². The maximum Gasteiger partial charge on any atom is 0.305 e. The topological polar surface area (TPSA) is 136 Å². The average molecular weight is 532 g/mol. The van der Waals surface area contributed by atoms with Crippen LogP contribution in [0.15, 0.2) is 12.2 Å². The number of hydrogen-bond acceptors (Lipinski definition) is 9. The largest absolute Gasteiger partial charge is 0.465 e. The van der Waals surface area contributed by atoms with Gasteiger partial charge in [-0.2, -0.15) is 11.8 Å². The lowest BCUT2D eigenvalue weighted by atomic mass is 9.86. The second-order valence-electron chi connectivity index (χ2n) is 9.43. The van der Waals surface area contributed by atoms with Crippen LogP contribution in [0.4, 0.5) is 0 Å². The average Bonchev–Trinajstić information content (AvgIpc) is 3.10. The fourth-order valence-corrected chi connectivity index (χ4v) is 5.18. The van der Waals surface area contributed by atoms with Crippen LogP contribution in [-0.2, 0) is 19.2 Å². The third-order valence-corrected chi connectivity index (χ3v) is 7.49. The molecule has 0 unspecified atom stereocenters. The summed E-state index contributed by atoms with van der Waals surface area (Å²) >= 11 is 1.42. The lowest BCUT2D eigenvalue weighted by molar-refractivity contribution is -0.756. The van der Waals surface area contributed by atoms with E-state index in [4.69, 9.17) is 4.74 Å². The number of aliphatic hydroxyl groups is 2. The monoisotopic (exact) mass is 531 g/mol. The first-order valence-electron chi connectivity index (χ1n) is 13.4. The maximum atomic E-state index is 12.2. The van der Waals surface area contributed by atoms with Gasteiger partial charge in [0.15, 0.2) is 0 Å². The Kier molecular flexibility index (Phi) is 18.4. The summed E-state index contributed by atoms with van der Waals surface area (Å²) in [4.78, 5) is 38.2. The summed E-state index contributed by atoms with van der Waals surface area (Å²) in [6.45, 7) is 2.46. The van der Waals surface area contributed by atoms with E-state index >= 15 is 0 Å². The number of aliphatic hydroxyl groups excluding tert-OH is 2. The van der Waals surface area contributed by atoms with Crippen molar-refractivity contribution in [1.29, 1.82) is 0 Å². The van der Waals surface area contributed by atoms with Crippen LogP contribution in [0.25, 0.3) is 0 Å². The Balaban J connectivity index is 2.17. The number of Topliss-reactive ketones (excluding diaryl/α,β-unsaturated/α-hetero) is 1. The number of unbranched alkanes of at least 4 members (excludes halogenated alkanes) is 5. The molecule has 1 saturated carbocycles. The molecule has 0 spiro atoms. The number of esters is 1. The van der Waals surface area contributed by atoms with E-state index in [1.165, 1.54) is 31.0 Å². The van der Waals surface area contributed by atoms with Gasteiger partial charge in [0.2, 0.25) is 0 Å². The van der Waals surface area contributed by atoms with Crippen LogP contribution in [0.1, 0.15) is 90.4 Å². The molecule has 36 heavy (non-hydrogen) atoms. The molecule has 9 nitrogen and oxygen atoms in total. The van der Waals surface area contributed by atoms with Crippen molar-refractivity contribution in [2.24, 2.45) is 11.8 Å². The highest BCUT2D eigenvalue weighted by atomic mass is 32.2. The molecule has 10 heteroatoms. The molecule has 1 fully saturated rings. The number of carbonyl (C=O) groups excluding carboxylic acids is 2. The van der Waals surface area contributed by atoms with E-state index in [0.717, 1.165) is 12.8 Å². The number of allylic oxidation sites excluding steroid dienone is 2. The number of carbonyl (C=O) groups is 2. The molecule has 0 heterocycles. The highest BCUT2D eigenvalue weighted by molar-refractivity contribution is 7.99. The zero-order valence-electron chi connectivity index (χ0n) is 21.7. The fraction of sp³-hybridized carbons (Fsp3) is 0.846. The Labute approximate surface area is 219 Å². The summed E-state index contributed by atoms with van der Waals surface area (Å²) < 4.78 is 5.14. The Morgan fingerprint density at radius 3 is 2.44 bits per heavy atom. The zero-order valence-corrected chi connectivity index (χ0v) is 22.5. The van der Waals surface area contributed by atoms with Crippen LogP contribution in [0, 0.1) is 22.0 Å². The quantitative estimate of drug-likeness (QED) is 0.0672. The first-order chi connectivity index (χ1) is 17.3. The summed E-state index contributed by atoms with van der Waals surface area (Å²) in [6.07, 6.45) is 12.9. The van der Waals surface area contributed by atoms with Crippen LogP contribution in [0.5, 0.6) is 0 Å². The maximum absolute atomic E-state index is 12.2. The van der Waals surface area contributed by atoms with Crippen molar-refractivity contribution >= 4 is 23.5 Å². The molecular formula is C26H45NO8S. The molecule has 0 aromatic heterocycles. The fourth-order valence-electron chi connectivity index (χ4n) is 4.58. The number of thioether (sulfide) groups is 1. The molecule has 208 valence electrons. The van der Waals surface area contributed by atoms with Crippen molar-refractivity contribution in [2.75, 3.05) is 24.7 Å². The smallest absolute Gasteiger partial charge is 0.305 e. The Morgan fingerprint density at radius 1 is 0.972 bits per heavy atom. The van der Waals surface area contributed by atoms with Gasteiger partial charge < -0.3 is 19.8 Å². The van der Waals surface area contributed by atoms with Crippen LogP contribution in [0.2, 0.25) is 0 Å². The van der Waals surface area contributed by atoms with Crippen molar-refractivity contribution in [1.82, 2.24) is 0 Å². The molecule has 0 aromatic carbocycles. The van der Waals surface area contributed by atoms with Crippen LogP contribution in [0.3, 0.4) is 0 Å². The van der Waals surface area contributed by atoms with Crippen LogP contribution in [-0.4, -0.2) is 64.0 Å². The number of nitrogens with zero attached hydrogens (tertiary/aromatic N) is 1. The molecular weight excluding hydrogens is 486 g/mol. The Bertz CT molecular complexity index is 660. The Morgan fingerprint density at radius 2 is 1.69 bits per heavy atom. The van der Waals surface area contributed by atoms with E-state index in [0.29, 0.717) is 62.9 Å². The number of rotatable bonds is 22. The highest BCUT2D eigenvalue weighted by Crippen LogP contribution is 2.38. The van der Waals surface area contributed by atoms with E-state index in [-0.39, 0.29) is 36.8 Å². The van der Waals surface area contributed by atoms with Gasteiger partial charge in [0.1, 0.15) is 19.0 Å². The summed E-state index contributed by atoms with van der Waals surface area (Å²) in [5.74, 6) is 0.901. The van der Waals surface area contributed by atoms with Gasteiger partial charge in [-0.15, -0.1) is 10.1 Å². The normalized spacial score (nSPS) is 21.6. The molecule has 0 saturated heterocycles. The van der Waals surface area contributed by atoms with Gasteiger partial charge >= 0.3 is 5.97 Å². The van der Waals surface area contributed by atoms with E-state index in [2.05, 4.69) is 11.8 Å². The second kappa shape index (κ2) is 20.4. The minimum Gasteiger partial charge on any atom is -0.465 e. The van der Waals surface area contributed by atoms with Gasteiger partial charge in [-0.25, -0.2) is 0 Å². The first kappa shape index (κ1) is 32.4. The van der Waals surface area contributed by atoms with Gasteiger partial charge in [-0.1, -0.05) is 44.8 Å². The highest BCUT2D eigenvalue weighted by Gasteiger charge is 2.40. The van der Waals surface area contributed by atoms with Gasteiger partial charge in [-0.3, -0.25) is 9.59 Å². The third kappa shape index (κ3) is 15.5. The molecule has 4 atom stereocenters. The van der Waals surface area contributed by atoms with Crippen molar-refractivity contribution in [3.8, 4) is 0 Å². The van der Waals surface area contributed by atoms with Gasteiger partial charge in [0.25, 0.3) is 5.09 Å². The molecule has 0 bridgehead atoms. The van der Waals surface area contributed by atoms with E-state index in [1.807, 2.05) is 12.2 Å². The summed E-state index contributed by atoms with van der Waals surface area (Å²) in [5.41, 5.74) is 0. The number of ether oxygens (including phenoxy) is 1. The summed E-state index contributed by atoms with van der Waals surface area (Å²) in [6, 6.07) is 0. The van der Waals surface area contributed by atoms with E-state index < -0.39 is 17.3 Å². The predicted octanol–water partition coefficient (Wildman–Crippen LogP) is 4.66. The van der Waals surface area contributed by atoms with Gasteiger partial charge in [0.05, 0.1) is 12.2 Å². The molecule has 1 rings (SSSR count). The van der Waals surface area contributed by atoms with Crippen LogP contribution < -0.4 is 0 Å². The molecule has 0 aliphatic heterocycles. The minimum atomic E-state index is -0.827. The van der Waals surface area contributed by atoms with Crippen molar-refractivity contribution in [3.63, 3.8) is 0 Å². The third-order valence-electron chi connectivity index (χ3n) is 6.58. The molecule has 2 N–H and O–H groups in total. The van der Waals surface area contributed by atoms with Crippen molar-refractivity contribution < 1.29 is 34.5 Å². The Hall–Kier alpha value is -1.65. The number of ketones is 1. The summed E-state index contributed by atoms with van der Waals surface area (Å²) in [5, 5.41) is 30.0. The molecule has 1 aliphatic carbocycles. The van der Waals surface area contributed by atoms with Gasteiger partial charge in [-0.05, 0) is 50.4 Å². The molecule has 0 aromatic rings. The standard InChI is InChI=1S/C26H45NO8S/c1-2-3-4-5-8-11-21(28)14-15-23-22(24(29)20-25(23)30)12-9-6-7-10-13-26(31)34-16-18-36-19-17-35-27(32)33/h6,9,22-25,29-30H,2-5,7-8,10-20H2,1H3/b9-6-/t22-,23-,24+,25-/m1/s1. The van der Waals surface area contributed by atoms with E-state index in [1.54, 1.807) is 0 Å².